The van der Waals surface area contributed by atoms with E-state index in [2.05, 4.69) is 52.8 Å². The minimum absolute atomic E-state index is 0.100. The molecule has 26 heavy (non-hydrogen) atoms. The standard InChI is InChI=1S/C24H40O2/c1-7-11-24(25)26-19-18-23(6)17-10-16-22(5)15-9-14-21(4)13-8-12-20(2)3/h12,14,16,18H,7-11,13,15,17,19H2,1-6H3/b21-14+,22-16?,23-18+. The van der Waals surface area contributed by atoms with E-state index in [9.17, 15) is 4.79 Å². The van der Waals surface area contributed by atoms with Gasteiger partial charge in [-0.2, -0.15) is 0 Å². The van der Waals surface area contributed by atoms with Crippen molar-refractivity contribution < 1.29 is 9.53 Å². The molecule has 0 spiro atoms. The molecule has 0 aromatic carbocycles. The van der Waals surface area contributed by atoms with Crippen molar-refractivity contribution in [3.05, 3.63) is 46.6 Å². The molecular weight excluding hydrogens is 320 g/mol. The predicted molar refractivity (Wildman–Crippen MR) is 114 cm³/mol. The average Bonchev–Trinajstić information content (AvgIpc) is 2.54. The molecule has 0 saturated heterocycles. The van der Waals surface area contributed by atoms with Gasteiger partial charge in [0.05, 0.1) is 0 Å². The summed E-state index contributed by atoms with van der Waals surface area (Å²) in [6.07, 6.45) is 17.1. The number of rotatable bonds is 13. The molecule has 0 aromatic heterocycles. The highest BCUT2D eigenvalue weighted by Crippen LogP contribution is 2.13. The minimum Gasteiger partial charge on any atom is -0.461 e. The van der Waals surface area contributed by atoms with Crippen molar-refractivity contribution in [2.45, 2.75) is 92.9 Å². The third kappa shape index (κ3) is 15.9. The summed E-state index contributed by atoms with van der Waals surface area (Å²) in [6.45, 7) is 13.3. The fourth-order valence-corrected chi connectivity index (χ4v) is 2.54. The number of allylic oxidation sites excluding steroid dienone is 7. The largest absolute Gasteiger partial charge is 0.461 e. The van der Waals surface area contributed by atoms with Gasteiger partial charge in [-0.15, -0.1) is 0 Å². The summed E-state index contributed by atoms with van der Waals surface area (Å²) in [5, 5.41) is 0. The van der Waals surface area contributed by atoms with E-state index >= 15 is 0 Å². The smallest absolute Gasteiger partial charge is 0.306 e. The van der Waals surface area contributed by atoms with Crippen molar-refractivity contribution in [3.8, 4) is 0 Å². The van der Waals surface area contributed by atoms with Crippen LogP contribution >= 0.6 is 0 Å². The Morgan fingerprint density at radius 3 is 1.62 bits per heavy atom. The molecule has 0 amide bonds. The molecule has 0 radical (unpaired) electrons. The monoisotopic (exact) mass is 360 g/mol. The third-order valence-electron chi connectivity index (χ3n) is 4.28. The molecule has 148 valence electrons. The van der Waals surface area contributed by atoms with Crippen molar-refractivity contribution >= 4 is 5.97 Å². The van der Waals surface area contributed by atoms with Gasteiger partial charge in [0.25, 0.3) is 0 Å². The Balaban J connectivity index is 3.99. The van der Waals surface area contributed by atoms with Crippen LogP contribution in [0, 0.1) is 0 Å². The molecule has 0 fully saturated rings. The summed E-state index contributed by atoms with van der Waals surface area (Å²) >= 11 is 0. The number of carbonyl (C=O) groups excluding carboxylic acids is 1. The van der Waals surface area contributed by atoms with Gasteiger partial charge in [-0.1, -0.05) is 47.4 Å². The molecule has 0 bridgehead atoms. The number of carbonyl (C=O) groups is 1. The molecule has 0 aliphatic rings. The molecule has 0 rings (SSSR count). The molecule has 0 saturated carbocycles. The van der Waals surface area contributed by atoms with Crippen LogP contribution < -0.4 is 0 Å². The molecule has 0 aromatic rings. The molecule has 0 atom stereocenters. The lowest BCUT2D eigenvalue weighted by molar-refractivity contribution is -0.142. The Labute approximate surface area is 162 Å². The number of hydrogen-bond acceptors (Lipinski definition) is 2. The third-order valence-corrected chi connectivity index (χ3v) is 4.28. The van der Waals surface area contributed by atoms with E-state index in [1.54, 1.807) is 0 Å². The molecule has 2 heteroatoms. The first kappa shape index (κ1) is 24.4. The maximum absolute atomic E-state index is 11.3. The van der Waals surface area contributed by atoms with Crippen LogP contribution in [0.1, 0.15) is 92.9 Å². The Morgan fingerprint density at radius 2 is 1.15 bits per heavy atom. The van der Waals surface area contributed by atoms with Gasteiger partial charge in [0, 0.05) is 6.42 Å². The van der Waals surface area contributed by atoms with Crippen LogP contribution in [0.2, 0.25) is 0 Å². The molecule has 0 aliphatic carbocycles. The quantitative estimate of drug-likeness (QED) is 0.251. The molecule has 0 N–H and O–H groups in total. The van der Waals surface area contributed by atoms with Gasteiger partial charge in [0.15, 0.2) is 0 Å². The fraction of sp³-hybridized carbons (Fsp3) is 0.625. The van der Waals surface area contributed by atoms with Gasteiger partial charge in [0.1, 0.15) is 6.61 Å². The van der Waals surface area contributed by atoms with Crippen LogP contribution in [0.25, 0.3) is 0 Å². The molecule has 0 heterocycles. The van der Waals surface area contributed by atoms with E-state index in [4.69, 9.17) is 4.74 Å². The molecule has 0 unspecified atom stereocenters. The van der Waals surface area contributed by atoms with Crippen molar-refractivity contribution in [2.75, 3.05) is 6.61 Å². The Kier molecular flexibility index (Phi) is 14.7. The maximum Gasteiger partial charge on any atom is 0.306 e. The predicted octanol–water partition coefficient (Wildman–Crippen LogP) is 7.48. The zero-order chi connectivity index (χ0) is 19.8. The zero-order valence-corrected chi connectivity index (χ0v) is 18.0. The second-order valence-corrected chi connectivity index (χ2v) is 7.48. The highest BCUT2D eigenvalue weighted by atomic mass is 16.5. The van der Waals surface area contributed by atoms with E-state index < -0.39 is 0 Å². The summed E-state index contributed by atoms with van der Waals surface area (Å²) in [6, 6.07) is 0. The van der Waals surface area contributed by atoms with Gasteiger partial charge in [0.2, 0.25) is 0 Å². The van der Waals surface area contributed by atoms with E-state index in [0.717, 1.165) is 38.5 Å². The summed E-state index contributed by atoms with van der Waals surface area (Å²) in [7, 11) is 0. The number of hydrogen-bond donors (Lipinski definition) is 0. The van der Waals surface area contributed by atoms with E-state index in [1.807, 2.05) is 13.0 Å². The van der Waals surface area contributed by atoms with Crippen molar-refractivity contribution in [2.24, 2.45) is 0 Å². The molecular formula is C24H40O2. The lowest BCUT2D eigenvalue weighted by Crippen LogP contribution is -2.03. The minimum atomic E-state index is -0.100. The van der Waals surface area contributed by atoms with Crippen LogP contribution in [-0.4, -0.2) is 12.6 Å². The number of esters is 1. The van der Waals surface area contributed by atoms with Crippen LogP contribution in [0.5, 0.6) is 0 Å². The van der Waals surface area contributed by atoms with Gasteiger partial charge in [-0.25, -0.2) is 0 Å². The summed E-state index contributed by atoms with van der Waals surface area (Å²) in [4.78, 5) is 11.3. The topological polar surface area (TPSA) is 26.3 Å². The Bertz CT molecular complexity index is 514. The van der Waals surface area contributed by atoms with E-state index in [1.165, 1.54) is 28.7 Å². The fourth-order valence-electron chi connectivity index (χ4n) is 2.54. The van der Waals surface area contributed by atoms with E-state index in [0.29, 0.717) is 13.0 Å². The summed E-state index contributed by atoms with van der Waals surface area (Å²) < 4.78 is 5.16. The lowest BCUT2D eigenvalue weighted by Gasteiger charge is -2.03. The van der Waals surface area contributed by atoms with Crippen molar-refractivity contribution in [3.63, 3.8) is 0 Å². The van der Waals surface area contributed by atoms with E-state index in [-0.39, 0.29) is 5.97 Å². The van der Waals surface area contributed by atoms with Crippen LogP contribution in [0.3, 0.4) is 0 Å². The first-order valence-corrected chi connectivity index (χ1v) is 10.1. The Morgan fingerprint density at radius 1 is 0.692 bits per heavy atom. The van der Waals surface area contributed by atoms with Gasteiger partial charge < -0.3 is 4.74 Å². The second kappa shape index (κ2) is 15.7. The highest BCUT2D eigenvalue weighted by Gasteiger charge is 1.98. The highest BCUT2D eigenvalue weighted by molar-refractivity contribution is 5.69. The van der Waals surface area contributed by atoms with Crippen LogP contribution in [-0.2, 0) is 9.53 Å². The lowest BCUT2D eigenvalue weighted by atomic mass is 10.0. The first-order chi connectivity index (χ1) is 12.3. The molecule has 0 aliphatic heterocycles. The van der Waals surface area contributed by atoms with Crippen molar-refractivity contribution in [1.29, 1.82) is 0 Å². The van der Waals surface area contributed by atoms with Crippen LogP contribution in [0.4, 0.5) is 0 Å². The Hall–Kier alpha value is -1.57. The summed E-state index contributed by atoms with van der Waals surface area (Å²) in [5.41, 5.74) is 5.64. The van der Waals surface area contributed by atoms with Crippen LogP contribution in [0.15, 0.2) is 46.6 Å². The van der Waals surface area contributed by atoms with Gasteiger partial charge >= 0.3 is 5.97 Å². The normalized spacial score (nSPS) is 12.9. The SMILES string of the molecule is CCCC(=O)OC/C=C(\C)CCC=C(C)CC/C=C(\C)CCC=C(C)C. The first-order valence-electron chi connectivity index (χ1n) is 10.1. The van der Waals surface area contributed by atoms with Gasteiger partial charge in [-0.05, 0) is 85.6 Å². The average molecular weight is 361 g/mol. The van der Waals surface area contributed by atoms with Gasteiger partial charge in [-0.3, -0.25) is 4.79 Å². The summed E-state index contributed by atoms with van der Waals surface area (Å²) in [5.74, 6) is -0.100. The zero-order valence-electron chi connectivity index (χ0n) is 18.0. The van der Waals surface area contributed by atoms with Crippen molar-refractivity contribution in [1.82, 2.24) is 0 Å². The maximum atomic E-state index is 11.3. The second-order valence-electron chi connectivity index (χ2n) is 7.48. The number of ether oxygens (including phenoxy) is 1. The molecule has 2 nitrogen and oxygen atoms in total.